The smallest absolute Gasteiger partial charge is 0.136 e. The average Bonchev–Trinajstić information content (AvgIpc) is 2.20. The van der Waals surface area contributed by atoms with Crippen LogP contribution in [-0.2, 0) is 11.4 Å². The summed E-state index contributed by atoms with van der Waals surface area (Å²) < 4.78 is 27.4. The second kappa shape index (κ2) is 5.25. The number of nitrogens with one attached hydrogen (secondary N) is 1. The Morgan fingerprint density at radius 2 is 2.00 bits per heavy atom. The van der Waals surface area contributed by atoms with Gasteiger partial charge < -0.3 is 9.66 Å². The van der Waals surface area contributed by atoms with Crippen molar-refractivity contribution in [3.63, 3.8) is 0 Å². The molecule has 0 aliphatic heterocycles. The molecule has 2 N–H and O–H groups in total. The Balaban J connectivity index is 2.83. The zero-order chi connectivity index (χ0) is 13.2. The van der Waals surface area contributed by atoms with E-state index in [9.17, 15) is 14.0 Å². The van der Waals surface area contributed by atoms with Crippen LogP contribution in [0.3, 0.4) is 0 Å². The lowest BCUT2D eigenvalue weighted by Gasteiger charge is -2.26. The van der Waals surface area contributed by atoms with Crippen LogP contribution in [0.2, 0.25) is 0 Å². The summed E-state index contributed by atoms with van der Waals surface area (Å²) in [7, 11) is 0. The number of halogens is 1. The zero-order valence-electron chi connectivity index (χ0n) is 10.5. The van der Waals surface area contributed by atoms with Crippen molar-refractivity contribution >= 4 is 11.4 Å². The van der Waals surface area contributed by atoms with Gasteiger partial charge in [-0.05, 0) is 45.9 Å². The van der Waals surface area contributed by atoms with E-state index in [-0.39, 0.29) is 11.8 Å². The van der Waals surface area contributed by atoms with Crippen LogP contribution in [-0.4, -0.2) is 14.4 Å². The number of phenols is 1. The standard InChI is InChI=1S/C12H18FNO2S/c1-8(14-17(16)12(2,3)4)10-7-9(13)5-6-11(10)15/h5-8,14-15H,1-4H3/t8-,17?/m1/s1. The fourth-order valence-corrected chi connectivity index (χ4v) is 2.07. The van der Waals surface area contributed by atoms with Gasteiger partial charge in [-0.2, -0.15) is 0 Å². The van der Waals surface area contributed by atoms with Gasteiger partial charge in [-0.25, -0.2) is 4.39 Å². The molecule has 0 aromatic heterocycles. The zero-order valence-corrected chi connectivity index (χ0v) is 11.3. The van der Waals surface area contributed by atoms with E-state index in [2.05, 4.69) is 4.72 Å². The molecule has 2 atom stereocenters. The Morgan fingerprint density at radius 1 is 1.41 bits per heavy atom. The van der Waals surface area contributed by atoms with Crippen LogP contribution in [0, 0.1) is 5.82 Å². The van der Waals surface area contributed by atoms with E-state index in [0.29, 0.717) is 5.56 Å². The van der Waals surface area contributed by atoms with E-state index in [0.717, 1.165) is 0 Å². The van der Waals surface area contributed by atoms with Crippen molar-refractivity contribution < 1.29 is 14.0 Å². The SMILES string of the molecule is C[C@@H](N[S+]([O-])C(C)(C)C)c1cc(F)ccc1O. The lowest BCUT2D eigenvalue weighted by Crippen LogP contribution is -2.40. The molecule has 0 spiro atoms. The van der Waals surface area contributed by atoms with E-state index in [1.807, 2.05) is 20.8 Å². The second-order valence-corrected chi connectivity index (χ2v) is 6.92. The molecule has 0 amide bonds. The van der Waals surface area contributed by atoms with Crippen molar-refractivity contribution in [2.45, 2.75) is 38.5 Å². The van der Waals surface area contributed by atoms with E-state index >= 15 is 0 Å². The Kier molecular flexibility index (Phi) is 4.41. The predicted octanol–water partition coefficient (Wildman–Crippen LogP) is 2.64. The molecule has 0 aliphatic rings. The topological polar surface area (TPSA) is 55.3 Å². The van der Waals surface area contributed by atoms with E-state index < -0.39 is 21.9 Å². The fraction of sp³-hybridized carbons (Fsp3) is 0.500. The first-order valence-electron chi connectivity index (χ1n) is 5.38. The summed E-state index contributed by atoms with van der Waals surface area (Å²) in [6.45, 7) is 7.26. The van der Waals surface area contributed by atoms with Gasteiger partial charge in [0.1, 0.15) is 16.3 Å². The fourth-order valence-electron chi connectivity index (χ4n) is 1.27. The molecule has 0 saturated heterocycles. The highest BCUT2D eigenvalue weighted by atomic mass is 32.2. The quantitative estimate of drug-likeness (QED) is 0.820. The highest BCUT2D eigenvalue weighted by Crippen LogP contribution is 2.26. The normalized spacial score (nSPS) is 15.6. The molecule has 0 fully saturated rings. The summed E-state index contributed by atoms with van der Waals surface area (Å²) in [5.74, 6) is -0.426. The molecular formula is C12H18FNO2S. The third-order valence-electron chi connectivity index (χ3n) is 2.30. The number of hydrogen-bond donors (Lipinski definition) is 2. The third kappa shape index (κ3) is 3.87. The molecule has 0 bridgehead atoms. The van der Waals surface area contributed by atoms with Crippen LogP contribution in [0.1, 0.15) is 39.3 Å². The summed E-state index contributed by atoms with van der Waals surface area (Å²) in [6.07, 6.45) is 0. The first kappa shape index (κ1) is 14.3. The molecule has 0 heterocycles. The maximum atomic E-state index is 13.1. The maximum absolute atomic E-state index is 13.1. The van der Waals surface area contributed by atoms with E-state index in [4.69, 9.17) is 0 Å². The van der Waals surface area contributed by atoms with Crippen molar-refractivity contribution in [2.24, 2.45) is 0 Å². The number of rotatable bonds is 3. The number of aromatic hydroxyl groups is 1. The Hall–Kier alpha value is -0.780. The van der Waals surface area contributed by atoms with Gasteiger partial charge in [0.25, 0.3) is 0 Å². The van der Waals surface area contributed by atoms with Gasteiger partial charge in [0.05, 0.1) is 6.04 Å². The molecule has 96 valence electrons. The average molecular weight is 259 g/mol. The molecule has 1 aromatic rings. The van der Waals surface area contributed by atoms with Gasteiger partial charge in [-0.1, -0.05) is 0 Å². The van der Waals surface area contributed by atoms with Crippen molar-refractivity contribution in [2.75, 3.05) is 0 Å². The van der Waals surface area contributed by atoms with Gasteiger partial charge in [-0.15, -0.1) is 4.72 Å². The van der Waals surface area contributed by atoms with Gasteiger partial charge in [0, 0.05) is 16.9 Å². The first-order chi connectivity index (χ1) is 7.71. The lowest BCUT2D eigenvalue weighted by molar-refractivity contribution is 0.456. The molecule has 3 nitrogen and oxygen atoms in total. The van der Waals surface area contributed by atoms with Crippen molar-refractivity contribution in [3.05, 3.63) is 29.6 Å². The van der Waals surface area contributed by atoms with E-state index in [1.54, 1.807) is 6.92 Å². The molecule has 0 saturated carbocycles. The van der Waals surface area contributed by atoms with Crippen molar-refractivity contribution in [3.8, 4) is 5.75 Å². The minimum absolute atomic E-state index is 0.00249. The van der Waals surface area contributed by atoms with Gasteiger partial charge in [-0.3, -0.25) is 0 Å². The first-order valence-corrected chi connectivity index (χ1v) is 6.53. The monoisotopic (exact) mass is 259 g/mol. The molecule has 1 aromatic carbocycles. The molecule has 17 heavy (non-hydrogen) atoms. The minimum Gasteiger partial charge on any atom is -0.598 e. The molecule has 5 heteroatoms. The Bertz CT molecular complexity index is 393. The van der Waals surface area contributed by atoms with Gasteiger partial charge in [0.15, 0.2) is 0 Å². The predicted molar refractivity (Wildman–Crippen MR) is 67.5 cm³/mol. The summed E-state index contributed by atoms with van der Waals surface area (Å²) in [4.78, 5) is 0. The van der Waals surface area contributed by atoms with Crippen molar-refractivity contribution in [1.82, 2.24) is 4.72 Å². The lowest BCUT2D eigenvalue weighted by atomic mass is 10.1. The van der Waals surface area contributed by atoms with Gasteiger partial charge >= 0.3 is 0 Å². The van der Waals surface area contributed by atoms with Crippen molar-refractivity contribution in [1.29, 1.82) is 0 Å². The molecule has 0 aliphatic carbocycles. The summed E-state index contributed by atoms with van der Waals surface area (Å²) in [5.41, 5.74) is 0.405. The molecule has 1 unspecified atom stereocenters. The molecular weight excluding hydrogens is 241 g/mol. The molecule has 1 rings (SSSR count). The number of hydrogen-bond acceptors (Lipinski definition) is 3. The largest absolute Gasteiger partial charge is 0.598 e. The van der Waals surface area contributed by atoms with Crippen LogP contribution in [0.25, 0.3) is 0 Å². The second-order valence-electron chi connectivity index (χ2n) is 4.92. The summed E-state index contributed by atoms with van der Waals surface area (Å²) in [5, 5.41) is 9.62. The Labute approximate surface area is 104 Å². The summed E-state index contributed by atoms with van der Waals surface area (Å²) in [6, 6.07) is 3.34. The van der Waals surface area contributed by atoms with Gasteiger partial charge in [0.2, 0.25) is 0 Å². The number of benzene rings is 1. The maximum Gasteiger partial charge on any atom is 0.136 e. The van der Waals surface area contributed by atoms with Crippen LogP contribution in [0.4, 0.5) is 4.39 Å². The van der Waals surface area contributed by atoms with Crippen LogP contribution >= 0.6 is 0 Å². The minimum atomic E-state index is -1.27. The van der Waals surface area contributed by atoms with Crippen LogP contribution in [0.5, 0.6) is 5.75 Å². The van der Waals surface area contributed by atoms with Crippen LogP contribution in [0.15, 0.2) is 18.2 Å². The summed E-state index contributed by atoms with van der Waals surface area (Å²) >= 11 is -1.27. The molecule has 0 radical (unpaired) electrons. The number of phenolic OH excluding ortho intramolecular Hbond substituents is 1. The Morgan fingerprint density at radius 3 is 2.53 bits per heavy atom. The third-order valence-corrected chi connectivity index (χ3v) is 3.98. The highest BCUT2D eigenvalue weighted by molar-refractivity contribution is 7.90. The highest BCUT2D eigenvalue weighted by Gasteiger charge is 2.29. The van der Waals surface area contributed by atoms with Crippen LogP contribution < -0.4 is 4.72 Å². The van der Waals surface area contributed by atoms with E-state index in [1.165, 1.54) is 18.2 Å².